The van der Waals surface area contributed by atoms with E-state index in [4.69, 9.17) is 20.0 Å². The summed E-state index contributed by atoms with van der Waals surface area (Å²) in [6, 6.07) is 10.1. The van der Waals surface area contributed by atoms with Crippen molar-refractivity contribution in [2.24, 2.45) is 5.92 Å². The van der Waals surface area contributed by atoms with Crippen molar-refractivity contribution in [3.8, 4) is 5.75 Å². The summed E-state index contributed by atoms with van der Waals surface area (Å²) >= 11 is 0. The number of ketones is 1. The molecule has 2 aromatic carbocycles. The van der Waals surface area contributed by atoms with E-state index < -0.39 is 43.0 Å². The number of aliphatic hydroxyl groups is 1. The highest BCUT2D eigenvalue weighted by atomic mass is 16.5. The number of benzene rings is 2. The SMILES string of the molecule is CC(C)COC(=O)NC(=N)c1ccc(C(=O)N[C@@H](CO)C(=O)c2ccc(OCC(=O)O)cc2)cc1. The highest BCUT2D eigenvalue weighted by Gasteiger charge is 2.22. The normalized spacial score (nSPS) is 11.3. The summed E-state index contributed by atoms with van der Waals surface area (Å²) in [6.45, 7) is 2.80. The maximum absolute atomic E-state index is 12.7. The van der Waals surface area contributed by atoms with Gasteiger partial charge in [0, 0.05) is 16.7 Å². The molecule has 1 atom stereocenters. The number of carboxylic acid groups (broad SMARTS) is 1. The Balaban J connectivity index is 1.97. The minimum absolute atomic E-state index is 0.152. The number of rotatable bonds is 11. The fourth-order valence-electron chi connectivity index (χ4n) is 2.74. The van der Waals surface area contributed by atoms with Crippen LogP contribution in [0.15, 0.2) is 48.5 Å². The summed E-state index contributed by atoms with van der Waals surface area (Å²) in [7, 11) is 0. The highest BCUT2D eigenvalue weighted by Crippen LogP contribution is 2.14. The number of Topliss-reactive ketones (excluding diaryl/α,β-unsaturated/α-hetero) is 1. The van der Waals surface area contributed by atoms with Crippen LogP contribution in [-0.4, -0.2) is 65.7 Å². The lowest BCUT2D eigenvalue weighted by Gasteiger charge is -2.16. The second kappa shape index (κ2) is 12.8. The minimum Gasteiger partial charge on any atom is -0.482 e. The zero-order valence-electron chi connectivity index (χ0n) is 19.2. The summed E-state index contributed by atoms with van der Waals surface area (Å²) in [5.74, 6) is -2.11. The van der Waals surface area contributed by atoms with E-state index in [1.54, 1.807) is 0 Å². The molecule has 35 heavy (non-hydrogen) atoms. The van der Waals surface area contributed by atoms with Gasteiger partial charge in [-0.2, -0.15) is 0 Å². The van der Waals surface area contributed by atoms with Gasteiger partial charge in [0.2, 0.25) is 0 Å². The molecule has 186 valence electrons. The lowest BCUT2D eigenvalue weighted by molar-refractivity contribution is -0.139. The van der Waals surface area contributed by atoms with Gasteiger partial charge >= 0.3 is 12.1 Å². The van der Waals surface area contributed by atoms with Gasteiger partial charge in [-0.15, -0.1) is 0 Å². The number of hydrogen-bond donors (Lipinski definition) is 5. The maximum Gasteiger partial charge on any atom is 0.412 e. The number of aliphatic carboxylic acids is 1. The second-order valence-electron chi connectivity index (χ2n) is 7.85. The van der Waals surface area contributed by atoms with Crippen LogP contribution in [0.4, 0.5) is 4.79 Å². The number of aliphatic hydroxyl groups excluding tert-OH is 1. The molecule has 0 aromatic heterocycles. The molecule has 0 aliphatic heterocycles. The molecule has 0 spiro atoms. The third kappa shape index (κ3) is 8.55. The fraction of sp³-hybridized carbons (Fsp3) is 0.292. The summed E-state index contributed by atoms with van der Waals surface area (Å²) in [5.41, 5.74) is 0.696. The summed E-state index contributed by atoms with van der Waals surface area (Å²) in [4.78, 5) is 47.5. The lowest BCUT2D eigenvalue weighted by atomic mass is 10.0. The molecule has 0 bridgehead atoms. The van der Waals surface area contributed by atoms with Gasteiger partial charge in [-0.1, -0.05) is 26.0 Å². The molecule has 5 N–H and O–H groups in total. The molecule has 2 amide bonds. The molecule has 0 heterocycles. The molecule has 0 saturated carbocycles. The molecule has 0 fully saturated rings. The third-order valence-electron chi connectivity index (χ3n) is 4.52. The Morgan fingerprint density at radius 2 is 1.51 bits per heavy atom. The zero-order chi connectivity index (χ0) is 26.0. The number of amidine groups is 1. The standard InChI is InChI=1S/C24H27N3O8/c1-14(2)12-35-24(33)27-22(25)16-3-5-17(6-4-16)23(32)26-19(11-28)21(31)15-7-9-18(10-8-15)34-13-20(29)30/h3-10,14,19,28H,11-13H2,1-2H3,(H,26,32)(H,29,30)(H2,25,27,33)/t19-/m0/s1. The Morgan fingerprint density at radius 1 is 0.943 bits per heavy atom. The maximum atomic E-state index is 12.7. The number of ether oxygens (including phenoxy) is 2. The predicted octanol–water partition coefficient (Wildman–Crippen LogP) is 1.83. The van der Waals surface area contributed by atoms with Gasteiger partial charge in [0.05, 0.1) is 13.2 Å². The van der Waals surface area contributed by atoms with Crippen LogP contribution in [0.2, 0.25) is 0 Å². The van der Waals surface area contributed by atoms with Gasteiger partial charge in [0.25, 0.3) is 5.91 Å². The summed E-state index contributed by atoms with van der Waals surface area (Å²) in [6.07, 6.45) is -0.753. The fourth-order valence-corrected chi connectivity index (χ4v) is 2.74. The van der Waals surface area contributed by atoms with E-state index in [1.807, 2.05) is 13.8 Å². The van der Waals surface area contributed by atoms with E-state index in [-0.39, 0.29) is 35.2 Å². The van der Waals surface area contributed by atoms with Gasteiger partial charge < -0.3 is 25.0 Å². The van der Waals surface area contributed by atoms with E-state index in [0.717, 1.165) is 0 Å². The van der Waals surface area contributed by atoms with Crippen molar-refractivity contribution in [2.45, 2.75) is 19.9 Å². The van der Waals surface area contributed by atoms with E-state index in [1.165, 1.54) is 48.5 Å². The largest absolute Gasteiger partial charge is 0.482 e. The molecular weight excluding hydrogens is 458 g/mol. The Bertz CT molecular complexity index is 1070. The van der Waals surface area contributed by atoms with Crippen molar-refractivity contribution in [2.75, 3.05) is 19.8 Å². The number of hydrogen-bond acceptors (Lipinski definition) is 8. The average Bonchev–Trinajstić information content (AvgIpc) is 2.84. The number of carboxylic acids is 1. The van der Waals surface area contributed by atoms with Gasteiger partial charge in [0.15, 0.2) is 12.4 Å². The van der Waals surface area contributed by atoms with Crippen LogP contribution in [0.25, 0.3) is 0 Å². The van der Waals surface area contributed by atoms with Crippen molar-refractivity contribution in [1.82, 2.24) is 10.6 Å². The van der Waals surface area contributed by atoms with Crippen LogP contribution in [-0.2, 0) is 9.53 Å². The monoisotopic (exact) mass is 485 g/mol. The summed E-state index contributed by atoms with van der Waals surface area (Å²) in [5, 5.41) is 31.0. The molecular formula is C24H27N3O8. The Morgan fingerprint density at radius 3 is 2.06 bits per heavy atom. The quantitative estimate of drug-likeness (QED) is 0.182. The molecule has 0 unspecified atom stereocenters. The van der Waals surface area contributed by atoms with Gasteiger partial charge in [0.1, 0.15) is 17.6 Å². The van der Waals surface area contributed by atoms with Gasteiger partial charge in [-0.3, -0.25) is 20.3 Å². The average molecular weight is 485 g/mol. The van der Waals surface area contributed by atoms with Crippen LogP contribution in [0.5, 0.6) is 5.75 Å². The first kappa shape index (κ1) is 27.0. The van der Waals surface area contributed by atoms with Crippen molar-refractivity contribution in [1.29, 1.82) is 5.41 Å². The summed E-state index contributed by atoms with van der Waals surface area (Å²) < 4.78 is 9.96. The number of nitrogens with one attached hydrogen (secondary N) is 3. The third-order valence-corrected chi connectivity index (χ3v) is 4.52. The molecule has 0 radical (unpaired) electrons. The predicted molar refractivity (Wildman–Crippen MR) is 125 cm³/mol. The highest BCUT2D eigenvalue weighted by molar-refractivity contribution is 6.06. The first-order valence-corrected chi connectivity index (χ1v) is 10.6. The Labute approximate surface area is 201 Å². The second-order valence-corrected chi connectivity index (χ2v) is 7.85. The molecule has 0 aliphatic rings. The van der Waals surface area contributed by atoms with Crippen LogP contribution < -0.4 is 15.4 Å². The Kier molecular flexibility index (Phi) is 9.91. The van der Waals surface area contributed by atoms with Crippen LogP contribution in [0, 0.1) is 11.3 Å². The van der Waals surface area contributed by atoms with E-state index >= 15 is 0 Å². The van der Waals surface area contributed by atoms with Crippen LogP contribution in [0.3, 0.4) is 0 Å². The van der Waals surface area contributed by atoms with Crippen LogP contribution >= 0.6 is 0 Å². The van der Waals surface area contributed by atoms with E-state index in [9.17, 15) is 24.3 Å². The molecule has 11 nitrogen and oxygen atoms in total. The molecule has 0 aliphatic carbocycles. The molecule has 2 rings (SSSR count). The molecule has 11 heteroatoms. The van der Waals surface area contributed by atoms with Crippen molar-refractivity contribution in [3.05, 3.63) is 65.2 Å². The first-order chi connectivity index (χ1) is 16.6. The first-order valence-electron chi connectivity index (χ1n) is 10.6. The molecule has 0 saturated heterocycles. The van der Waals surface area contributed by atoms with Gasteiger partial charge in [-0.25, -0.2) is 9.59 Å². The topological polar surface area (TPSA) is 175 Å². The van der Waals surface area contributed by atoms with Crippen LogP contribution in [0.1, 0.15) is 40.1 Å². The minimum atomic E-state index is -1.22. The van der Waals surface area contributed by atoms with E-state index in [0.29, 0.717) is 5.56 Å². The lowest BCUT2D eigenvalue weighted by Crippen LogP contribution is -2.43. The molecule has 2 aromatic rings. The van der Waals surface area contributed by atoms with Gasteiger partial charge in [-0.05, 0) is 42.3 Å². The number of carbonyl (C=O) groups excluding carboxylic acids is 3. The number of alkyl carbamates (subject to hydrolysis) is 1. The van der Waals surface area contributed by atoms with Crippen molar-refractivity contribution in [3.63, 3.8) is 0 Å². The van der Waals surface area contributed by atoms with E-state index in [2.05, 4.69) is 10.6 Å². The van der Waals surface area contributed by atoms with Crippen molar-refractivity contribution < 1.29 is 38.9 Å². The smallest absolute Gasteiger partial charge is 0.412 e. The van der Waals surface area contributed by atoms with Crippen molar-refractivity contribution >= 4 is 29.6 Å². The number of carbonyl (C=O) groups is 4. The number of amides is 2. The zero-order valence-corrected chi connectivity index (χ0v) is 19.2. The Hall–Kier alpha value is -4.25.